The number of imide groups is 1. The summed E-state index contributed by atoms with van der Waals surface area (Å²) in [6.45, 7) is 18.4. The SMILES string of the molecule is CCCc1ccc(C#C[C@@H]2[C@@H](O[Si](C)(C)C(C)(C)C)CCC(=O)N2C(=O)OC(C)(C)C)cc1. The Morgan fingerprint density at radius 2 is 1.73 bits per heavy atom. The summed E-state index contributed by atoms with van der Waals surface area (Å²) in [6.07, 6.45) is 1.89. The monoisotopic (exact) mass is 471 g/mol. The molecule has 182 valence electrons. The highest BCUT2D eigenvalue weighted by Crippen LogP contribution is 2.39. The normalized spacial score (nSPS) is 19.7. The molecule has 0 N–H and O–H groups in total. The second kappa shape index (κ2) is 10.4. The molecule has 1 saturated heterocycles. The fourth-order valence-corrected chi connectivity index (χ4v) is 4.79. The van der Waals surface area contributed by atoms with Gasteiger partial charge in [-0.25, -0.2) is 9.69 Å². The number of hydrogen-bond donors (Lipinski definition) is 0. The molecule has 1 aromatic rings. The van der Waals surface area contributed by atoms with Crippen LogP contribution in [0.4, 0.5) is 4.79 Å². The maximum Gasteiger partial charge on any atom is 0.418 e. The number of piperidine rings is 1. The zero-order valence-electron chi connectivity index (χ0n) is 21.9. The van der Waals surface area contributed by atoms with Crippen molar-refractivity contribution < 1.29 is 18.8 Å². The lowest BCUT2D eigenvalue weighted by Gasteiger charge is -2.44. The van der Waals surface area contributed by atoms with Crippen molar-refractivity contribution in [2.75, 3.05) is 0 Å². The van der Waals surface area contributed by atoms with Gasteiger partial charge in [-0.05, 0) is 69.4 Å². The van der Waals surface area contributed by atoms with Gasteiger partial charge in [0, 0.05) is 12.0 Å². The lowest BCUT2D eigenvalue weighted by molar-refractivity contribution is -0.137. The van der Waals surface area contributed by atoms with Gasteiger partial charge in [-0.2, -0.15) is 0 Å². The van der Waals surface area contributed by atoms with Gasteiger partial charge in [0.25, 0.3) is 0 Å². The highest BCUT2D eigenvalue weighted by Gasteiger charge is 2.46. The maximum absolute atomic E-state index is 13.0. The van der Waals surface area contributed by atoms with Gasteiger partial charge < -0.3 is 9.16 Å². The van der Waals surface area contributed by atoms with Gasteiger partial charge in [0.1, 0.15) is 11.6 Å². The molecular formula is C27H41NO4Si. The molecule has 1 aliphatic rings. The van der Waals surface area contributed by atoms with Crippen LogP contribution in [-0.4, -0.2) is 43.0 Å². The average Bonchev–Trinajstić information content (AvgIpc) is 2.67. The molecule has 2 atom stereocenters. The third-order valence-electron chi connectivity index (χ3n) is 6.24. The standard InChI is InChI=1S/C27H41NO4Si/c1-10-11-20-12-14-21(15-13-20)16-17-22-23(32-33(8,9)27(5,6)7)18-19-24(29)28(22)25(30)31-26(2,3)4/h12-15,22-23H,10-11,18-19H2,1-9H3/t22-,23+/m1/s1. The third kappa shape index (κ3) is 7.45. The van der Waals surface area contributed by atoms with Crippen LogP contribution >= 0.6 is 0 Å². The number of benzene rings is 1. The summed E-state index contributed by atoms with van der Waals surface area (Å²) in [5.74, 6) is 6.14. The molecule has 0 radical (unpaired) electrons. The molecule has 1 fully saturated rings. The van der Waals surface area contributed by atoms with Crippen molar-refractivity contribution in [2.45, 2.75) is 110 Å². The zero-order valence-corrected chi connectivity index (χ0v) is 22.9. The van der Waals surface area contributed by atoms with Crippen molar-refractivity contribution in [3.05, 3.63) is 35.4 Å². The molecule has 1 aliphatic heterocycles. The topological polar surface area (TPSA) is 55.8 Å². The number of ether oxygens (including phenoxy) is 1. The van der Waals surface area contributed by atoms with E-state index in [4.69, 9.17) is 9.16 Å². The summed E-state index contributed by atoms with van der Waals surface area (Å²) >= 11 is 0. The highest BCUT2D eigenvalue weighted by molar-refractivity contribution is 6.74. The molecule has 5 nitrogen and oxygen atoms in total. The van der Waals surface area contributed by atoms with Gasteiger partial charge >= 0.3 is 6.09 Å². The predicted octanol–water partition coefficient (Wildman–Crippen LogP) is 6.31. The van der Waals surface area contributed by atoms with E-state index in [9.17, 15) is 9.59 Å². The molecule has 0 aromatic heterocycles. The van der Waals surface area contributed by atoms with Crippen LogP contribution in [0.2, 0.25) is 18.1 Å². The molecule has 0 bridgehead atoms. The number of nitrogens with zero attached hydrogens (tertiary/aromatic N) is 1. The molecule has 0 saturated carbocycles. The van der Waals surface area contributed by atoms with Crippen LogP contribution in [0.3, 0.4) is 0 Å². The molecule has 0 unspecified atom stereocenters. The van der Waals surface area contributed by atoms with Gasteiger partial charge in [-0.15, -0.1) is 0 Å². The minimum Gasteiger partial charge on any atom is -0.443 e. The quantitative estimate of drug-likeness (QED) is 0.381. The van der Waals surface area contributed by atoms with E-state index in [0.717, 1.165) is 18.4 Å². The van der Waals surface area contributed by atoms with E-state index in [1.807, 2.05) is 12.1 Å². The van der Waals surface area contributed by atoms with Crippen molar-refractivity contribution in [1.29, 1.82) is 0 Å². The molecule has 0 aliphatic carbocycles. The van der Waals surface area contributed by atoms with Gasteiger partial charge in [-0.3, -0.25) is 4.79 Å². The first-order valence-electron chi connectivity index (χ1n) is 12.0. The van der Waals surface area contributed by atoms with E-state index in [2.05, 4.69) is 64.8 Å². The number of amides is 2. The van der Waals surface area contributed by atoms with Crippen molar-refractivity contribution >= 4 is 20.3 Å². The number of carbonyl (C=O) groups excluding carboxylic acids is 2. The van der Waals surface area contributed by atoms with Gasteiger partial charge in [0.15, 0.2) is 8.32 Å². The van der Waals surface area contributed by atoms with E-state index >= 15 is 0 Å². The molecule has 1 heterocycles. The van der Waals surface area contributed by atoms with Gasteiger partial charge in [-0.1, -0.05) is 58.1 Å². The smallest absolute Gasteiger partial charge is 0.418 e. The number of likely N-dealkylation sites (tertiary alicyclic amines) is 1. The fourth-order valence-electron chi connectivity index (χ4n) is 3.43. The number of aryl methyl sites for hydroxylation is 1. The Balaban J connectivity index is 2.43. The van der Waals surface area contributed by atoms with Crippen LogP contribution in [0, 0.1) is 11.8 Å². The van der Waals surface area contributed by atoms with Crippen molar-refractivity contribution in [1.82, 2.24) is 4.90 Å². The summed E-state index contributed by atoms with van der Waals surface area (Å²) < 4.78 is 12.3. The van der Waals surface area contributed by atoms with Gasteiger partial charge in [0.2, 0.25) is 5.91 Å². The average molecular weight is 472 g/mol. The summed E-state index contributed by atoms with van der Waals surface area (Å²) in [4.78, 5) is 27.1. The van der Waals surface area contributed by atoms with E-state index < -0.39 is 26.1 Å². The molecule has 0 spiro atoms. The van der Waals surface area contributed by atoms with E-state index in [1.165, 1.54) is 10.5 Å². The molecule has 6 heteroatoms. The van der Waals surface area contributed by atoms with Crippen LogP contribution < -0.4 is 0 Å². The number of carbonyl (C=O) groups is 2. The Morgan fingerprint density at radius 1 is 1.12 bits per heavy atom. The minimum absolute atomic E-state index is 0.00169. The van der Waals surface area contributed by atoms with Crippen LogP contribution in [0.1, 0.15) is 78.9 Å². The minimum atomic E-state index is -2.15. The van der Waals surface area contributed by atoms with E-state index in [-0.39, 0.29) is 23.5 Å². The van der Waals surface area contributed by atoms with Crippen molar-refractivity contribution in [3.8, 4) is 11.8 Å². The van der Waals surface area contributed by atoms with Crippen LogP contribution in [-0.2, 0) is 20.4 Å². The summed E-state index contributed by atoms with van der Waals surface area (Å²) in [6, 6.07) is 7.45. The lowest BCUT2D eigenvalue weighted by atomic mass is 9.98. The number of rotatable bonds is 4. The van der Waals surface area contributed by atoms with E-state index in [1.54, 1.807) is 20.8 Å². The largest absolute Gasteiger partial charge is 0.443 e. The highest BCUT2D eigenvalue weighted by atomic mass is 28.4. The summed E-state index contributed by atoms with van der Waals surface area (Å²) in [5, 5.41) is -0.00169. The number of hydrogen-bond acceptors (Lipinski definition) is 4. The fraction of sp³-hybridized carbons (Fsp3) is 0.630. The Morgan fingerprint density at radius 3 is 2.24 bits per heavy atom. The molecule has 2 rings (SSSR count). The summed E-state index contributed by atoms with van der Waals surface area (Å²) in [7, 11) is -2.15. The van der Waals surface area contributed by atoms with Crippen molar-refractivity contribution in [3.63, 3.8) is 0 Å². The van der Waals surface area contributed by atoms with Crippen LogP contribution in [0.5, 0.6) is 0 Å². The Labute approximate surface area is 201 Å². The Bertz CT molecular complexity index is 897. The first-order chi connectivity index (χ1) is 15.1. The Kier molecular flexibility index (Phi) is 8.59. The van der Waals surface area contributed by atoms with Crippen molar-refractivity contribution in [2.24, 2.45) is 0 Å². The van der Waals surface area contributed by atoms with Crippen LogP contribution in [0.25, 0.3) is 0 Å². The zero-order chi connectivity index (χ0) is 25.0. The first-order valence-corrected chi connectivity index (χ1v) is 14.9. The Hall–Kier alpha value is -2.10. The second-order valence-corrected chi connectivity index (χ2v) is 16.1. The summed E-state index contributed by atoms with van der Waals surface area (Å²) in [5.41, 5.74) is 1.41. The second-order valence-electron chi connectivity index (χ2n) is 11.4. The third-order valence-corrected chi connectivity index (χ3v) is 10.7. The van der Waals surface area contributed by atoms with E-state index in [0.29, 0.717) is 6.42 Å². The maximum atomic E-state index is 13.0. The molecule has 33 heavy (non-hydrogen) atoms. The predicted molar refractivity (Wildman–Crippen MR) is 135 cm³/mol. The first kappa shape index (κ1) is 27.1. The van der Waals surface area contributed by atoms with Crippen LogP contribution in [0.15, 0.2) is 24.3 Å². The lowest BCUT2D eigenvalue weighted by Crippen LogP contribution is -2.58. The molecule has 1 aromatic carbocycles. The van der Waals surface area contributed by atoms with Gasteiger partial charge in [0.05, 0.1) is 6.10 Å². The molecular weight excluding hydrogens is 430 g/mol. The molecule has 2 amide bonds.